The van der Waals surface area contributed by atoms with Crippen molar-refractivity contribution < 1.29 is 5.11 Å². The minimum atomic E-state index is 0.292. The molecule has 1 N–H and O–H groups in total. The molecule has 0 aliphatic heterocycles. The molecule has 0 aliphatic rings. The first-order valence-electron chi connectivity index (χ1n) is 6.22. The van der Waals surface area contributed by atoms with Crippen molar-refractivity contribution >= 4 is 6.08 Å². The highest BCUT2D eigenvalue weighted by Crippen LogP contribution is 2.09. The van der Waals surface area contributed by atoms with E-state index in [0.717, 1.165) is 12.1 Å². The summed E-state index contributed by atoms with van der Waals surface area (Å²) in [5, 5.41) is 8.82. The van der Waals surface area contributed by atoms with Crippen LogP contribution in [0.2, 0.25) is 0 Å². The van der Waals surface area contributed by atoms with Crippen molar-refractivity contribution in [1.29, 1.82) is 0 Å². The molecule has 0 bridgehead atoms. The van der Waals surface area contributed by atoms with Crippen molar-refractivity contribution in [1.82, 2.24) is 4.90 Å². The molecule has 0 atom stereocenters. The normalized spacial score (nSPS) is 9.63. The van der Waals surface area contributed by atoms with Gasteiger partial charge in [0.25, 0.3) is 0 Å². The van der Waals surface area contributed by atoms with Gasteiger partial charge < -0.3 is 10.0 Å². The van der Waals surface area contributed by atoms with E-state index >= 15 is 0 Å². The molecule has 0 spiro atoms. The first-order chi connectivity index (χ1) is 9.11. The van der Waals surface area contributed by atoms with Gasteiger partial charge in [-0.05, 0) is 37.4 Å². The zero-order valence-electron chi connectivity index (χ0n) is 11.6. The average Bonchev–Trinajstić information content (AvgIpc) is 2.41. The number of phenolic OH excluding ortho intramolecular Hbond substituents is 1. The van der Waals surface area contributed by atoms with E-state index in [1.54, 1.807) is 18.2 Å². The molecule has 0 amide bonds. The van der Waals surface area contributed by atoms with Gasteiger partial charge in [0.2, 0.25) is 0 Å². The van der Waals surface area contributed by atoms with E-state index in [2.05, 4.69) is 49.8 Å². The Morgan fingerprint density at radius 3 is 2.05 bits per heavy atom. The van der Waals surface area contributed by atoms with E-state index in [-0.39, 0.29) is 0 Å². The van der Waals surface area contributed by atoms with E-state index in [1.165, 1.54) is 5.56 Å². The van der Waals surface area contributed by atoms with Gasteiger partial charge in [0.15, 0.2) is 0 Å². The van der Waals surface area contributed by atoms with E-state index < -0.39 is 0 Å². The van der Waals surface area contributed by atoms with E-state index in [4.69, 9.17) is 5.11 Å². The van der Waals surface area contributed by atoms with E-state index in [0.29, 0.717) is 5.75 Å². The van der Waals surface area contributed by atoms with Crippen LogP contribution in [0.1, 0.15) is 11.1 Å². The molecule has 2 aromatic rings. The Morgan fingerprint density at radius 2 is 1.58 bits per heavy atom. The number of aromatic hydroxyl groups is 1. The number of phenols is 1. The van der Waals surface area contributed by atoms with Crippen molar-refractivity contribution in [2.75, 3.05) is 14.1 Å². The van der Waals surface area contributed by atoms with Crippen LogP contribution in [0.15, 0.2) is 61.2 Å². The first-order valence-corrected chi connectivity index (χ1v) is 6.22. The monoisotopic (exact) mass is 255 g/mol. The molecule has 0 aliphatic carbocycles. The van der Waals surface area contributed by atoms with Gasteiger partial charge in [-0.1, -0.05) is 55.1 Å². The minimum absolute atomic E-state index is 0.292. The molecule has 2 aromatic carbocycles. The highest BCUT2D eigenvalue weighted by Gasteiger charge is 1.90. The van der Waals surface area contributed by atoms with Crippen LogP contribution in [-0.2, 0) is 6.54 Å². The molecule has 0 heterocycles. The van der Waals surface area contributed by atoms with Crippen LogP contribution in [-0.4, -0.2) is 24.1 Å². The molecule has 19 heavy (non-hydrogen) atoms. The third-order valence-electron chi connectivity index (χ3n) is 2.47. The van der Waals surface area contributed by atoms with Crippen molar-refractivity contribution in [3.63, 3.8) is 0 Å². The third-order valence-corrected chi connectivity index (χ3v) is 2.47. The lowest BCUT2D eigenvalue weighted by Crippen LogP contribution is -2.10. The summed E-state index contributed by atoms with van der Waals surface area (Å²) in [5.41, 5.74) is 2.39. The van der Waals surface area contributed by atoms with Crippen LogP contribution in [0, 0.1) is 0 Å². The lowest BCUT2D eigenvalue weighted by atomic mass is 10.2. The van der Waals surface area contributed by atoms with Gasteiger partial charge in [-0.25, -0.2) is 0 Å². The third kappa shape index (κ3) is 6.43. The Morgan fingerprint density at radius 1 is 1.00 bits per heavy atom. The van der Waals surface area contributed by atoms with E-state index in [1.807, 2.05) is 18.2 Å². The fourth-order valence-electron chi connectivity index (χ4n) is 1.56. The predicted molar refractivity (Wildman–Crippen MR) is 82.0 cm³/mol. The molecule has 0 saturated carbocycles. The van der Waals surface area contributed by atoms with Crippen molar-refractivity contribution in [2.45, 2.75) is 6.54 Å². The largest absolute Gasteiger partial charge is 0.508 e. The quantitative estimate of drug-likeness (QED) is 0.902. The van der Waals surface area contributed by atoms with Gasteiger partial charge in [0.05, 0.1) is 0 Å². The van der Waals surface area contributed by atoms with Gasteiger partial charge in [0, 0.05) is 6.54 Å². The summed E-state index contributed by atoms with van der Waals surface area (Å²) in [7, 11) is 4.15. The van der Waals surface area contributed by atoms with Crippen molar-refractivity contribution in [3.05, 3.63) is 72.3 Å². The van der Waals surface area contributed by atoms with Gasteiger partial charge in [-0.2, -0.15) is 0 Å². The summed E-state index contributed by atoms with van der Waals surface area (Å²) >= 11 is 0. The molecular weight excluding hydrogens is 234 g/mol. The number of nitrogens with zero attached hydrogens (tertiary/aromatic N) is 1. The van der Waals surface area contributed by atoms with Crippen LogP contribution in [0.25, 0.3) is 6.08 Å². The van der Waals surface area contributed by atoms with Crippen LogP contribution in [0.3, 0.4) is 0 Å². The summed E-state index contributed by atoms with van der Waals surface area (Å²) in [6.07, 6.45) is 1.74. The fraction of sp³-hybridized carbons (Fsp3) is 0.176. The zero-order valence-corrected chi connectivity index (χ0v) is 11.6. The first kappa shape index (κ1) is 15.0. The fourth-order valence-corrected chi connectivity index (χ4v) is 1.56. The number of benzene rings is 2. The topological polar surface area (TPSA) is 23.5 Å². The second-order valence-electron chi connectivity index (χ2n) is 4.52. The molecule has 0 radical (unpaired) electrons. The van der Waals surface area contributed by atoms with Crippen LogP contribution in [0.5, 0.6) is 5.75 Å². The SMILES string of the molecule is C=Cc1ccc(O)cc1.CN(C)Cc1ccccc1. The molecule has 0 aromatic heterocycles. The number of hydrogen-bond donors (Lipinski definition) is 1. The van der Waals surface area contributed by atoms with Crippen molar-refractivity contribution in [2.24, 2.45) is 0 Å². The maximum Gasteiger partial charge on any atom is 0.115 e. The Labute approximate surface area is 115 Å². The van der Waals surface area contributed by atoms with Crippen molar-refractivity contribution in [3.8, 4) is 5.75 Å². The van der Waals surface area contributed by atoms with Crippen LogP contribution in [0.4, 0.5) is 0 Å². The van der Waals surface area contributed by atoms with Crippen LogP contribution < -0.4 is 0 Å². The smallest absolute Gasteiger partial charge is 0.115 e. The Hall–Kier alpha value is -2.06. The molecule has 0 unspecified atom stereocenters. The summed E-state index contributed by atoms with van der Waals surface area (Å²) in [5.74, 6) is 0.292. The Balaban J connectivity index is 0.000000191. The minimum Gasteiger partial charge on any atom is -0.508 e. The number of hydrogen-bond acceptors (Lipinski definition) is 2. The second kappa shape index (κ2) is 8.11. The standard InChI is InChI=1S/C9H13N.C8H8O/c1-10(2)8-9-6-4-3-5-7-9;1-2-7-3-5-8(9)6-4-7/h3-7H,8H2,1-2H3;2-6,9H,1H2. The molecule has 0 saturated heterocycles. The molecule has 2 heteroatoms. The predicted octanol–water partition coefficient (Wildman–Crippen LogP) is 3.78. The van der Waals surface area contributed by atoms with E-state index in [9.17, 15) is 0 Å². The molecule has 100 valence electrons. The lowest BCUT2D eigenvalue weighted by molar-refractivity contribution is 0.402. The van der Waals surface area contributed by atoms with Gasteiger partial charge in [-0.3, -0.25) is 0 Å². The highest BCUT2D eigenvalue weighted by atomic mass is 16.3. The Bertz CT molecular complexity index is 474. The molecule has 2 nitrogen and oxygen atoms in total. The highest BCUT2D eigenvalue weighted by molar-refractivity contribution is 5.47. The van der Waals surface area contributed by atoms with Gasteiger partial charge in [0.1, 0.15) is 5.75 Å². The summed E-state index contributed by atoms with van der Waals surface area (Å²) in [6, 6.07) is 17.3. The summed E-state index contributed by atoms with van der Waals surface area (Å²) in [6.45, 7) is 4.61. The molecule has 0 fully saturated rings. The summed E-state index contributed by atoms with van der Waals surface area (Å²) in [4.78, 5) is 2.16. The molecular formula is C17H21NO. The maximum atomic E-state index is 8.82. The second-order valence-corrected chi connectivity index (χ2v) is 4.52. The average molecular weight is 255 g/mol. The summed E-state index contributed by atoms with van der Waals surface area (Å²) < 4.78 is 0. The molecule has 2 rings (SSSR count). The lowest BCUT2D eigenvalue weighted by Gasteiger charge is -2.08. The van der Waals surface area contributed by atoms with Crippen LogP contribution >= 0.6 is 0 Å². The zero-order chi connectivity index (χ0) is 14.1. The van der Waals surface area contributed by atoms with Gasteiger partial charge in [-0.15, -0.1) is 0 Å². The van der Waals surface area contributed by atoms with Gasteiger partial charge >= 0.3 is 0 Å². The Kier molecular flexibility index (Phi) is 6.41. The maximum absolute atomic E-state index is 8.82. The number of rotatable bonds is 3.